The minimum atomic E-state index is -0.550. The third-order valence-corrected chi connectivity index (χ3v) is 5.24. The zero-order chi connectivity index (χ0) is 18.0. The topological polar surface area (TPSA) is 93.9 Å². The molecule has 2 aliphatic heterocycles. The van der Waals surface area contributed by atoms with Crippen LogP contribution in [-0.2, 0) is 0 Å². The lowest BCUT2D eigenvalue weighted by atomic mass is 9.92. The Morgan fingerprint density at radius 3 is 2.19 bits per heavy atom. The van der Waals surface area contributed by atoms with Gasteiger partial charge in [0, 0.05) is 19.2 Å². The summed E-state index contributed by atoms with van der Waals surface area (Å²) in [4.78, 5) is 25.6. The number of nitro benzene ring substituents is 1. The highest BCUT2D eigenvalue weighted by atomic mass is 35.5. The van der Waals surface area contributed by atoms with E-state index in [1.807, 2.05) is 0 Å². The lowest BCUT2D eigenvalue weighted by Crippen LogP contribution is -2.33. The van der Waals surface area contributed by atoms with Crippen molar-refractivity contribution in [3.63, 3.8) is 0 Å². The fourth-order valence-corrected chi connectivity index (χ4v) is 3.78. The van der Waals surface area contributed by atoms with Crippen LogP contribution in [0.5, 0.6) is 11.5 Å². The molecule has 0 aromatic heterocycles. The summed E-state index contributed by atoms with van der Waals surface area (Å²) in [5.41, 5.74) is -0.207. The summed E-state index contributed by atoms with van der Waals surface area (Å²) >= 11 is 0. The van der Waals surface area contributed by atoms with Gasteiger partial charge in [-0.2, -0.15) is 0 Å². The van der Waals surface area contributed by atoms with Crippen molar-refractivity contribution in [2.45, 2.75) is 12.8 Å². The molecule has 0 unspecified atom stereocenters. The molecular weight excluding hydrogens is 362 g/mol. The largest absolute Gasteiger partial charge is 0.493 e. The third kappa shape index (κ3) is 3.86. The highest BCUT2D eigenvalue weighted by Crippen LogP contribution is 2.36. The molecule has 8 nitrogen and oxygen atoms in total. The summed E-state index contributed by atoms with van der Waals surface area (Å²) in [6.45, 7) is 3.22. The second-order valence-electron chi connectivity index (χ2n) is 6.53. The Kier molecular flexibility index (Phi) is 6.66. The number of ether oxygens (including phenoxy) is 2. The lowest BCUT2D eigenvalue weighted by Gasteiger charge is -2.21. The van der Waals surface area contributed by atoms with Crippen molar-refractivity contribution < 1.29 is 19.2 Å². The van der Waals surface area contributed by atoms with Gasteiger partial charge in [0.2, 0.25) is 0 Å². The van der Waals surface area contributed by atoms with E-state index >= 15 is 0 Å². The number of nitrogens with one attached hydrogen (secondary N) is 1. The zero-order valence-electron chi connectivity index (χ0n) is 14.9. The number of carbonyl (C=O) groups excluding carboxylic acids is 1. The maximum absolute atomic E-state index is 13.0. The predicted molar refractivity (Wildman–Crippen MR) is 98.4 cm³/mol. The number of amides is 1. The Morgan fingerprint density at radius 1 is 1.15 bits per heavy atom. The van der Waals surface area contributed by atoms with Crippen LogP contribution in [0.3, 0.4) is 0 Å². The van der Waals surface area contributed by atoms with Crippen molar-refractivity contribution in [3.8, 4) is 11.5 Å². The van der Waals surface area contributed by atoms with Gasteiger partial charge < -0.3 is 19.7 Å². The summed E-state index contributed by atoms with van der Waals surface area (Å²) in [5.74, 6) is 1.39. The van der Waals surface area contributed by atoms with Gasteiger partial charge in [0.05, 0.1) is 25.2 Å². The SMILES string of the molecule is COc1cc(C(=O)N2CC[C@@H]3CNC[C@@H]3CC2)c([N+](=O)[O-])cc1OC.Cl. The molecule has 0 bridgehead atoms. The molecule has 1 aromatic rings. The molecule has 0 radical (unpaired) electrons. The smallest absolute Gasteiger partial charge is 0.286 e. The van der Waals surface area contributed by atoms with Crippen molar-refractivity contribution in [2.75, 3.05) is 40.4 Å². The molecule has 2 heterocycles. The molecule has 2 fully saturated rings. The van der Waals surface area contributed by atoms with E-state index < -0.39 is 4.92 Å². The molecule has 2 aliphatic rings. The Bertz CT molecular complexity index is 671. The molecule has 9 heteroatoms. The highest BCUT2D eigenvalue weighted by molar-refractivity contribution is 5.99. The fourth-order valence-electron chi connectivity index (χ4n) is 3.78. The summed E-state index contributed by atoms with van der Waals surface area (Å²) in [6.07, 6.45) is 1.84. The van der Waals surface area contributed by atoms with Gasteiger partial charge in [-0.25, -0.2) is 0 Å². The average Bonchev–Trinajstić information content (AvgIpc) is 2.98. The predicted octanol–water partition coefficient (Wildman–Crippen LogP) is 2.11. The molecule has 2 atom stereocenters. The Balaban J connectivity index is 0.00000243. The molecule has 0 saturated carbocycles. The van der Waals surface area contributed by atoms with Crippen LogP contribution in [0.1, 0.15) is 23.2 Å². The number of hydrogen-bond donors (Lipinski definition) is 1. The van der Waals surface area contributed by atoms with Gasteiger partial charge in [-0.3, -0.25) is 14.9 Å². The van der Waals surface area contributed by atoms with E-state index in [1.54, 1.807) is 4.90 Å². The highest BCUT2D eigenvalue weighted by Gasteiger charge is 2.34. The fraction of sp³-hybridized carbons (Fsp3) is 0.588. The van der Waals surface area contributed by atoms with Crippen LogP contribution < -0.4 is 14.8 Å². The molecule has 1 amide bonds. The molecule has 0 aliphatic carbocycles. The number of carbonyl (C=O) groups is 1. The van der Waals surface area contributed by atoms with Gasteiger partial charge in [0.15, 0.2) is 11.5 Å². The van der Waals surface area contributed by atoms with Crippen LogP contribution in [-0.4, -0.2) is 56.1 Å². The van der Waals surface area contributed by atoms with Crippen LogP contribution in [0.4, 0.5) is 5.69 Å². The lowest BCUT2D eigenvalue weighted by molar-refractivity contribution is -0.385. The number of methoxy groups -OCH3 is 2. The first kappa shape index (κ1) is 20.3. The second kappa shape index (κ2) is 8.55. The number of halogens is 1. The molecule has 1 aromatic carbocycles. The number of nitrogens with zero attached hydrogens (tertiary/aromatic N) is 2. The van der Waals surface area contributed by atoms with E-state index in [0.29, 0.717) is 30.7 Å². The Labute approximate surface area is 158 Å². The number of fused-ring (bicyclic) bond motifs is 1. The molecule has 144 valence electrons. The van der Waals surface area contributed by atoms with E-state index in [2.05, 4.69) is 5.32 Å². The van der Waals surface area contributed by atoms with E-state index in [-0.39, 0.29) is 35.3 Å². The number of hydrogen-bond acceptors (Lipinski definition) is 6. The Morgan fingerprint density at radius 2 is 1.69 bits per heavy atom. The maximum atomic E-state index is 13.0. The standard InChI is InChI=1S/C17H23N3O5.ClH/c1-24-15-7-13(14(20(22)23)8-16(15)25-2)17(21)19-5-3-11-9-18-10-12(11)4-6-19;/h7-8,11-12,18H,3-6,9-10H2,1-2H3;1H/t11-,12+;. The van der Waals surface area contributed by atoms with Crippen LogP contribution in [0.15, 0.2) is 12.1 Å². The van der Waals surface area contributed by atoms with Gasteiger partial charge in [0.1, 0.15) is 5.56 Å². The molecular formula is C17H24ClN3O5. The number of likely N-dealkylation sites (tertiary alicyclic amines) is 1. The minimum absolute atomic E-state index is 0. The minimum Gasteiger partial charge on any atom is -0.493 e. The number of nitro groups is 1. The first-order valence-corrected chi connectivity index (χ1v) is 8.45. The van der Waals surface area contributed by atoms with Gasteiger partial charge in [-0.05, 0) is 37.8 Å². The zero-order valence-corrected chi connectivity index (χ0v) is 15.7. The molecule has 0 spiro atoms. The third-order valence-electron chi connectivity index (χ3n) is 5.24. The van der Waals surface area contributed by atoms with Crippen LogP contribution in [0.2, 0.25) is 0 Å². The average molecular weight is 386 g/mol. The molecule has 1 N–H and O–H groups in total. The summed E-state index contributed by atoms with van der Waals surface area (Å²) in [5, 5.41) is 14.8. The van der Waals surface area contributed by atoms with Gasteiger partial charge in [-0.15, -0.1) is 12.4 Å². The van der Waals surface area contributed by atoms with Gasteiger partial charge >= 0.3 is 0 Å². The first-order valence-electron chi connectivity index (χ1n) is 8.45. The Hall–Kier alpha value is -2.06. The summed E-state index contributed by atoms with van der Waals surface area (Å²) in [6, 6.07) is 2.66. The van der Waals surface area contributed by atoms with Crippen molar-refractivity contribution in [1.29, 1.82) is 0 Å². The van der Waals surface area contributed by atoms with Crippen LogP contribution >= 0.6 is 12.4 Å². The summed E-state index contributed by atoms with van der Waals surface area (Å²) in [7, 11) is 2.85. The second-order valence-corrected chi connectivity index (χ2v) is 6.53. The van der Waals surface area contributed by atoms with Gasteiger partial charge in [0.25, 0.3) is 11.6 Å². The summed E-state index contributed by atoms with van der Waals surface area (Å²) < 4.78 is 10.3. The van der Waals surface area contributed by atoms with Crippen molar-refractivity contribution in [2.24, 2.45) is 11.8 Å². The normalized spacial score (nSPS) is 22.0. The number of rotatable bonds is 4. The van der Waals surface area contributed by atoms with Crippen LogP contribution in [0.25, 0.3) is 0 Å². The molecule has 2 saturated heterocycles. The number of benzene rings is 1. The van der Waals surface area contributed by atoms with Crippen molar-refractivity contribution in [3.05, 3.63) is 27.8 Å². The van der Waals surface area contributed by atoms with E-state index in [0.717, 1.165) is 25.9 Å². The van der Waals surface area contributed by atoms with E-state index in [1.165, 1.54) is 26.4 Å². The van der Waals surface area contributed by atoms with E-state index in [4.69, 9.17) is 9.47 Å². The molecule has 3 rings (SSSR count). The van der Waals surface area contributed by atoms with Crippen LogP contribution in [0, 0.1) is 22.0 Å². The van der Waals surface area contributed by atoms with E-state index in [9.17, 15) is 14.9 Å². The van der Waals surface area contributed by atoms with Crippen molar-refractivity contribution >= 4 is 24.0 Å². The first-order chi connectivity index (χ1) is 12.0. The quantitative estimate of drug-likeness (QED) is 0.630. The van der Waals surface area contributed by atoms with Gasteiger partial charge in [-0.1, -0.05) is 0 Å². The molecule has 26 heavy (non-hydrogen) atoms. The van der Waals surface area contributed by atoms with Crippen molar-refractivity contribution in [1.82, 2.24) is 10.2 Å². The maximum Gasteiger partial charge on any atom is 0.286 e. The monoisotopic (exact) mass is 385 g/mol.